The Labute approximate surface area is 167 Å². The minimum absolute atomic E-state index is 0. The Morgan fingerprint density at radius 1 is 1.08 bits per heavy atom. The third-order valence-electron chi connectivity index (χ3n) is 3.50. The van der Waals surface area contributed by atoms with Crippen LogP contribution in [0.15, 0.2) is 53.5 Å². The summed E-state index contributed by atoms with van der Waals surface area (Å²) >= 11 is 0. The molecule has 0 aromatic heterocycles. The van der Waals surface area contributed by atoms with Gasteiger partial charge in [0.2, 0.25) is 0 Å². The third-order valence-corrected chi connectivity index (χ3v) is 3.50. The molecule has 26 heavy (non-hydrogen) atoms. The van der Waals surface area contributed by atoms with E-state index in [1.165, 1.54) is 23.8 Å². The van der Waals surface area contributed by atoms with E-state index < -0.39 is 12.4 Å². The van der Waals surface area contributed by atoms with Crippen LogP contribution in [0.1, 0.15) is 11.1 Å². The molecule has 0 atom stereocenters. The lowest BCUT2D eigenvalue weighted by Crippen LogP contribution is -2.38. The van der Waals surface area contributed by atoms with Gasteiger partial charge in [-0.25, -0.2) is 4.39 Å². The summed E-state index contributed by atoms with van der Waals surface area (Å²) in [5.41, 5.74) is 1.20. The van der Waals surface area contributed by atoms with Crippen molar-refractivity contribution in [2.45, 2.75) is 19.6 Å². The average Bonchev–Trinajstić information content (AvgIpc) is 2.60. The molecule has 0 aliphatic rings. The second kappa shape index (κ2) is 11.6. The Kier molecular flexibility index (Phi) is 9.85. The van der Waals surface area contributed by atoms with Crippen LogP contribution in [0.5, 0.6) is 5.75 Å². The van der Waals surface area contributed by atoms with E-state index in [0.29, 0.717) is 12.5 Å². The van der Waals surface area contributed by atoms with Gasteiger partial charge in [-0.1, -0.05) is 36.4 Å². The molecule has 142 valence electrons. The number of hydrogen-bond donors (Lipinski definition) is 2. The van der Waals surface area contributed by atoms with E-state index in [-0.39, 0.29) is 41.8 Å². The zero-order valence-electron chi connectivity index (χ0n) is 14.2. The molecule has 0 radical (unpaired) electrons. The number of rotatable bonds is 7. The fraction of sp³-hybridized carbons (Fsp3) is 0.278. The molecule has 0 amide bonds. The normalized spacial score (nSPS) is 11.0. The zero-order valence-corrected chi connectivity index (χ0v) is 16.5. The Morgan fingerprint density at radius 3 is 2.46 bits per heavy atom. The molecule has 2 aromatic carbocycles. The maximum Gasteiger partial charge on any atom is 0.387 e. The van der Waals surface area contributed by atoms with Crippen molar-refractivity contribution < 1.29 is 17.9 Å². The molecular formula is C18H21F3IN3O. The minimum atomic E-state index is -3.01. The number of alkyl halides is 2. The van der Waals surface area contributed by atoms with Gasteiger partial charge >= 0.3 is 6.61 Å². The van der Waals surface area contributed by atoms with Crippen LogP contribution in [0.3, 0.4) is 0 Å². The van der Waals surface area contributed by atoms with E-state index in [1.807, 2.05) is 30.3 Å². The Hall–Kier alpha value is -1.97. The fourth-order valence-corrected chi connectivity index (χ4v) is 2.28. The fourth-order valence-electron chi connectivity index (χ4n) is 2.28. The number of nitrogens with one attached hydrogen (secondary N) is 2. The van der Waals surface area contributed by atoms with E-state index in [0.717, 1.165) is 6.42 Å². The van der Waals surface area contributed by atoms with Gasteiger partial charge in [-0.15, -0.1) is 24.0 Å². The highest BCUT2D eigenvalue weighted by Gasteiger charge is 2.14. The first-order valence-electron chi connectivity index (χ1n) is 7.80. The standard InChI is InChI=1S/C18H20F3N3O.HI/c1-22-18(23-11-10-13-6-3-2-4-7-13)24-12-14-15(19)8-5-9-16(14)25-17(20)21;/h2-9,17H,10-12H2,1H3,(H2,22,23,24);1H. The summed E-state index contributed by atoms with van der Waals surface area (Å²) in [6.07, 6.45) is 0.793. The number of halogens is 4. The second-order valence-electron chi connectivity index (χ2n) is 5.18. The van der Waals surface area contributed by atoms with Crippen LogP contribution in [-0.2, 0) is 13.0 Å². The maximum absolute atomic E-state index is 13.9. The number of ether oxygens (including phenoxy) is 1. The summed E-state index contributed by atoms with van der Waals surface area (Å²) in [6.45, 7) is -2.41. The van der Waals surface area contributed by atoms with Crippen LogP contribution in [0.25, 0.3) is 0 Å². The largest absolute Gasteiger partial charge is 0.434 e. The molecule has 0 aliphatic carbocycles. The molecule has 0 saturated carbocycles. The van der Waals surface area contributed by atoms with Gasteiger partial charge in [0.15, 0.2) is 5.96 Å². The van der Waals surface area contributed by atoms with E-state index in [9.17, 15) is 13.2 Å². The van der Waals surface area contributed by atoms with Gasteiger partial charge in [0.1, 0.15) is 11.6 Å². The molecule has 0 bridgehead atoms. The van der Waals surface area contributed by atoms with Crippen molar-refractivity contribution in [1.82, 2.24) is 10.6 Å². The number of aliphatic imine (C=N–C) groups is 1. The summed E-state index contributed by atoms with van der Waals surface area (Å²) in [6, 6.07) is 13.7. The van der Waals surface area contributed by atoms with E-state index >= 15 is 0 Å². The summed E-state index contributed by atoms with van der Waals surface area (Å²) in [4.78, 5) is 4.04. The van der Waals surface area contributed by atoms with Crippen molar-refractivity contribution in [3.05, 3.63) is 65.5 Å². The molecule has 0 spiro atoms. The smallest absolute Gasteiger partial charge is 0.387 e. The van der Waals surface area contributed by atoms with Crippen molar-refractivity contribution in [2.75, 3.05) is 13.6 Å². The predicted molar refractivity (Wildman–Crippen MR) is 107 cm³/mol. The van der Waals surface area contributed by atoms with Crippen LogP contribution in [-0.4, -0.2) is 26.2 Å². The number of guanidine groups is 1. The van der Waals surface area contributed by atoms with Crippen molar-refractivity contribution in [3.8, 4) is 5.75 Å². The molecule has 4 nitrogen and oxygen atoms in total. The van der Waals surface area contributed by atoms with Crippen molar-refractivity contribution in [3.63, 3.8) is 0 Å². The molecule has 0 aliphatic heterocycles. The van der Waals surface area contributed by atoms with Gasteiger partial charge in [-0.05, 0) is 24.1 Å². The van der Waals surface area contributed by atoms with Gasteiger partial charge in [0.25, 0.3) is 0 Å². The molecule has 0 unspecified atom stereocenters. The highest BCUT2D eigenvalue weighted by Crippen LogP contribution is 2.23. The van der Waals surface area contributed by atoms with Gasteiger partial charge < -0.3 is 15.4 Å². The summed E-state index contributed by atoms with van der Waals surface area (Å²) in [5, 5.41) is 6.00. The molecule has 2 aromatic rings. The monoisotopic (exact) mass is 479 g/mol. The number of benzene rings is 2. The lowest BCUT2D eigenvalue weighted by Gasteiger charge is -2.15. The van der Waals surface area contributed by atoms with Crippen molar-refractivity contribution in [2.24, 2.45) is 4.99 Å². The molecule has 0 fully saturated rings. The second-order valence-corrected chi connectivity index (χ2v) is 5.18. The zero-order chi connectivity index (χ0) is 18.1. The molecule has 0 heterocycles. The third kappa shape index (κ3) is 7.11. The van der Waals surface area contributed by atoms with Crippen LogP contribution in [0.4, 0.5) is 13.2 Å². The Morgan fingerprint density at radius 2 is 1.81 bits per heavy atom. The molecular weight excluding hydrogens is 458 g/mol. The molecule has 2 rings (SSSR count). The van der Waals surface area contributed by atoms with E-state index in [1.54, 1.807) is 7.05 Å². The van der Waals surface area contributed by atoms with Gasteiger partial charge in [-0.3, -0.25) is 4.99 Å². The molecule has 2 N–H and O–H groups in total. The first kappa shape index (κ1) is 22.1. The minimum Gasteiger partial charge on any atom is -0.434 e. The topological polar surface area (TPSA) is 45.7 Å². The number of hydrogen-bond acceptors (Lipinski definition) is 2. The molecule has 0 saturated heterocycles. The SMILES string of the molecule is CN=C(NCCc1ccccc1)NCc1c(F)cccc1OC(F)F.I. The van der Waals surface area contributed by atoms with Crippen LogP contribution < -0.4 is 15.4 Å². The summed E-state index contributed by atoms with van der Waals surface area (Å²) in [5.74, 6) is -0.366. The highest BCUT2D eigenvalue weighted by atomic mass is 127. The Balaban J connectivity index is 0.00000338. The van der Waals surface area contributed by atoms with Crippen LogP contribution >= 0.6 is 24.0 Å². The first-order chi connectivity index (χ1) is 12.1. The van der Waals surface area contributed by atoms with Gasteiger partial charge in [0, 0.05) is 25.7 Å². The summed E-state index contributed by atoms with van der Waals surface area (Å²) in [7, 11) is 1.58. The van der Waals surface area contributed by atoms with Crippen LogP contribution in [0, 0.1) is 5.82 Å². The van der Waals surface area contributed by atoms with Crippen molar-refractivity contribution >= 4 is 29.9 Å². The Bertz CT molecular complexity index is 699. The predicted octanol–water partition coefficient (Wildman–Crippen LogP) is 3.95. The van der Waals surface area contributed by atoms with Gasteiger partial charge in [0.05, 0.1) is 0 Å². The van der Waals surface area contributed by atoms with Gasteiger partial charge in [-0.2, -0.15) is 8.78 Å². The lowest BCUT2D eigenvalue weighted by atomic mass is 10.1. The first-order valence-corrected chi connectivity index (χ1v) is 7.80. The lowest BCUT2D eigenvalue weighted by molar-refractivity contribution is -0.0506. The molecule has 8 heteroatoms. The van der Waals surface area contributed by atoms with Crippen molar-refractivity contribution in [1.29, 1.82) is 0 Å². The maximum atomic E-state index is 13.9. The van der Waals surface area contributed by atoms with Crippen LogP contribution in [0.2, 0.25) is 0 Å². The summed E-state index contributed by atoms with van der Waals surface area (Å²) < 4.78 is 43.1. The highest BCUT2D eigenvalue weighted by molar-refractivity contribution is 14.0. The average molecular weight is 479 g/mol. The quantitative estimate of drug-likeness (QED) is 0.359. The van der Waals surface area contributed by atoms with E-state index in [2.05, 4.69) is 20.4 Å². The van der Waals surface area contributed by atoms with E-state index in [4.69, 9.17) is 0 Å². The number of nitrogens with zero attached hydrogens (tertiary/aromatic N) is 1.